The molecule has 0 aliphatic heterocycles. The Kier molecular flexibility index (Phi) is 3.36. The van der Waals surface area contributed by atoms with E-state index in [0.29, 0.717) is 17.0 Å². The van der Waals surface area contributed by atoms with Crippen LogP contribution in [0.25, 0.3) is 11.0 Å². The number of aromatic nitrogens is 4. The molecule has 3 unspecified atom stereocenters. The summed E-state index contributed by atoms with van der Waals surface area (Å²) in [5.74, 6) is 0.542. The number of hydrogen-bond acceptors (Lipinski definition) is 4. The summed E-state index contributed by atoms with van der Waals surface area (Å²) < 4.78 is 2.92. The molecule has 2 aromatic rings. The molecule has 0 aromatic carbocycles. The average Bonchev–Trinajstić information content (AvgIpc) is 3.09. The number of amides is 1. The van der Waals surface area contributed by atoms with E-state index < -0.39 is 0 Å². The Morgan fingerprint density at radius 3 is 2.80 bits per heavy atom. The minimum atomic E-state index is -0.229. The van der Waals surface area contributed by atoms with E-state index >= 15 is 0 Å². The molecule has 0 spiro atoms. The molecule has 2 saturated carbocycles. The monoisotopic (exact) mass is 343 g/mol. The lowest BCUT2D eigenvalue weighted by molar-refractivity contribution is -0.123. The summed E-state index contributed by atoms with van der Waals surface area (Å²) in [6, 6.07) is 0.180. The Balaban J connectivity index is 1.52. The molecular formula is C18H25N5O2. The van der Waals surface area contributed by atoms with Crippen LogP contribution >= 0.6 is 0 Å². The normalized spacial score (nSPS) is 30.1. The summed E-state index contributed by atoms with van der Waals surface area (Å²) in [7, 11) is 1.74. The molecular weight excluding hydrogens is 318 g/mol. The van der Waals surface area contributed by atoms with Gasteiger partial charge in [-0.2, -0.15) is 5.10 Å². The second kappa shape index (κ2) is 5.16. The fraction of sp³-hybridized carbons (Fsp3) is 0.667. The summed E-state index contributed by atoms with van der Waals surface area (Å²) in [6.45, 7) is 6.93. The number of nitrogens with one attached hydrogen (secondary N) is 1. The van der Waals surface area contributed by atoms with E-state index in [1.165, 1.54) is 23.5 Å². The number of rotatable bonds is 3. The molecule has 2 bridgehead atoms. The van der Waals surface area contributed by atoms with Crippen LogP contribution < -0.4 is 10.9 Å². The zero-order valence-electron chi connectivity index (χ0n) is 15.2. The lowest BCUT2D eigenvalue weighted by Gasteiger charge is -2.39. The van der Waals surface area contributed by atoms with Crippen LogP contribution in [0, 0.1) is 16.7 Å². The molecule has 7 nitrogen and oxygen atoms in total. The highest BCUT2D eigenvalue weighted by Gasteiger charge is 2.61. The van der Waals surface area contributed by atoms with Crippen molar-refractivity contribution in [2.24, 2.45) is 23.8 Å². The van der Waals surface area contributed by atoms with E-state index in [1.54, 1.807) is 11.7 Å². The van der Waals surface area contributed by atoms with Gasteiger partial charge in [-0.05, 0) is 36.0 Å². The fourth-order valence-corrected chi connectivity index (χ4v) is 5.00. The third-order valence-electron chi connectivity index (χ3n) is 7.16. The van der Waals surface area contributed by atoms with E-state index in [1.807, 2.05) is 0 Å². The van der Waals surface area contributed by atoms with Crippen molar-refractivity contribution in [3.8, 4) is 0 Å². The van der Waals surface area contributed by atoms with Crippen LogP contribution in [0.2, 0.25) is 0 Å². The number of aryl methyl sites for hydroxylation is 1. The van der Waals surface area contributed by atoms with Crippen LogP contribution in [-0.4, -0.2) is 31.3 Å². The van der Waals surface area contributed by atoms with Crippen LogP contribution in [0.4, 0.5) is 0 Å². The summed E-state index contributed by atoms with van der Waals surface area (Å²) >= 11 is 0. The zero-order valence-corrected chi connectivity index (χ0v) is 15.2. The van der Waals surface area contributed by atoms with Crippen LogP contribution in [-0.2, 0) is 18.4 Å². The molecule has 7 heteroatoms. The molecule has 2 aromatic heterocycles. The SMILES string of the molecule is Cn1ncc2c(=O)n(CC(=O)NC3CC4CCC3(C)C4(C)C)cnc21. The Morgan fingerprint density at radius 1 is 1.40 bits per heavy atom. The molecule has 2 heterocycles. The van der Waals surface area contributed by atoms with Gasteiger partial charge in [-0.25, -0.2) is 4.98 Å². The van der Waals surface area contributed by atoms with Gasteiger partial charge >= 0.3 is 0 Å². The first-order valence-corrected chi connectivity index (χ1v) is 8.90. The van der Waals surface area contributed by atoms with Crippen molar-refractivity contribution >= 4 is 16.9 Å². The van der Waals surface area contributed by atoms with Gasteiger partial charge in [-0.15, -0.1) is 0 Å². The van der Waals surface area contributed by atoms with Gasteiger partial charge in [-0.1, -0.05) is 20.8 Å². The van der Waals surface area contributed by atoms with Gasteiger partial charge in [-0.3, -0.25) is 18.8 Å². The van der Waals surface area contributed by atoms with E-state index in [-0.39, 0.29) is 34.9 Å². The van der Waals surface area contributed by atoms with Gasteiger partial charge in [0.15, 0.2) is 5.65 Å². The Hall–Kier alpha value is -2.18. The summed E-state index contributed by atoms with van der Waals surface area (Å²) in [5.41, 5.74) is 0.679. The zero-order chi connectivity index (χ0) is 18.0. The van der Waals surface area contributed by atoms with Crippen molar-refractivity contribution in [2.45, 2.75) is 52.6 Å². The molecule has 4 rings (SSSR count). The molecule has 25 heavy (non-hydrogen) atoms. The van der Waals surface area contributed by atoms with Crippen molar-refractivity contribution in [3.63, 3.8) is 0 Å². The van der Waals surface area contributed by atoms with Gasteiger partial charge in [0, 0.05) is 13.1 Å². The molecule has 2 fully saturated rings. The van der Waals surface area contributed by atoms with E-state index in [4.69, 9.17) is 0 Å². The number of carbonyl (C=O) groups excluding carboxylic acids is 1. The van der Waals surface area contributed by atoms with Gasteiger partial charge in [0.1, 0.15) is 18.3 Å². The van der Waals surface area contributed by atoms with Crippen LogP contribution in [0.1, 0.15) is 40.0 Å². The molecule has 0 radical (unpaired) electrons. The van der Waals surface area contributed by atoms with E-state index in [9.17, 15) is 9.59 Å². The summed E-state index contributed by atoms with van der Waals surface area (Å²) in [4.78, 5) is 29.3. The highest BCUT2D eigenvalue weighted by molar-refractivity contribution is 5.77. The Labute approximate surface area is 146 Å². The highest BCUT2D eigenvalue weighted by Crippen LogP contribution is 2.65. The predicted molar refractivity (Wildman–Crippen MR) is 93.9 cm³/mol. The smallest absolute Gasteiger partial charge is 0.264 e. The quantitative estimate of drug-likeness (QED) is 0.915. The van der Waals surface area contributed by atoms with Crippen molar-refractivity contribution < 1.29 is 4.79 Å². The Bertz CT molecular complexity index is 912. The first-order chi connectivity index (χ1) is 11.7. The lowest BCUT2D eigenvalue weighted by Crippen LogP contribution is -2.48. The molecule has 3 atom stereocenters. The minimum absolute atomic E-state index is 0.00561. The second-order valence-corrected chi connectivity index (χ2v) is 8.41. The van der Waals surface area contributed by atoms with Gasteiger partial charge in [0.05, 0.1) is 6.20 Å². The Morgan fingerprint density at radius 2 is 2.16 bits per heavy atom. The number of nitrogens with zero attached hydrogens (tertiary/aromatic N) is 4. The minimum Gasteiger partial charge on any atom is -0.351 e. The third kappa shape index (κ3) is 2.17. The maximum atomic E-state index is 12.6. The average molecular weight is 343 g/mol. The molecule has 134 valence electrons. The highest BCUT2D eigenvalue weighted by atomic mass is 16.2. The number of carbonyl (C=O) groups is 1. The number of hydrogen-bond donors (Lipinski definition) is 1. The first kappa shape index (κ1) is 16.3. The van der Waals surface area contributed by atoms with Gasteiger partial charge < -0.3 is 5.32 Å². The van der Waals surface area contributed by atoms with Gasteiger partial charge in [0.2, 0.25) is 5.91 Å². The molecule has 2 aliphatic carbocycles. The fourth-order valence-electron chi connectivity index (χ4n) is 5.00. The molecule has 1 N–H and O–H groups in total. The predicted octanol–water partition coefficient (Wildman–Crippen LogP) is 1.46. The maximum Gasteiger partial charge on any atom is 0.264 e. The van der Waals surface area contributed by atoms with Crippen LogP contribution in [0.15, 0.2) is 17.3 Å². The summed E-state index contributed by atoms with van der Waals surface area (Å²) in [5, 5.41) is 7.68. The van der Waals surface area contributed by atoms with Crippen LogP contribution in [0.3, 0.4) is 0 Å². The molecule has 0 saturated heterocycles. The summed E-state index contributed by atoms with van der Waals surface area (Å²) in [6.07, 6.45) is 6.36. The largest absolute Gasteiger partial charge is 0.351 e. The van der Waals surface area contributed by atoms with Crippen molar-refractivity contribution in [1.29, 1.82) is 0 Å². The van der Waals surface area contributed by atoms with Crippen LogP contribution in [0.5, 0.6) is 0 Å². The van der Waals surface area contributed by atoms with Crippen molar-refractivity contribution in [1.82, 2.24) is 24.6 Å². The molecule has 1 amide bonds. The lowest BCUT2D eigenvalue weighted by atomic mass is 9.69. The van der Waals surface area contributed by atoms with Gasteiger partial charge in [0.25, 0.3) is 5.56 Å². The van der Waals surface area contributed by atoms with E-state index in [0.717, 1.165) is 12.8 Å². The standard InChI is InChI=1S/C18H25N5O2/c1-17(2)11-5-6-18(17,3)13(7-11)21-14(24)9-23-10-19-15-12(16(23)25)8-20-22(15)4/h8,10-11,13H,5-7,9H2,1-4H3,(H,21,24). The van der Waals surface area contributed by atoms with Crippen molar-refractivity contribution in [2.75, 3.05) is 0 Å². The second-order valence-electron chi connectivity index (χ2n) is 8.41. The maximum absolute atomic E-state index is 12.6. The third-order valence-corrected chi connectivity index (χ3v) is 7.16. The van der Waals surface area contributed by atoms with E-state index in [2.05, 4.69) is 36.2 Å². The first-order valence-electron chi connectivity index (χ1n) is 8.90. The molecule has 2 aliphatic rings. The topological polar surface area (TPSA) is 81.8 Å². The van der Waals surface area contributed by atoms with Crippen molar-refractivity contribution in [3.05, 3.63) is 22.9 Å². The number of fused-ring (bicyclic) bond motifs is 3.